The Hall–Kier alpha value is -3.02. The molecule has 2 aliphatic rings. The molecule has 0 atom stereocenters. The highest BCUT2D eigenvalue weighted by Crippen LogP contribution is 2.39. The molecule has 29 heavy (non-hydrogen) atoms. The number of carbonyl (C=O) groups is 1. The number of pyridine rings is 1. The van der Waals surface area contributed by atoms with E-state index in [4.69, 9.17) is 9.47 Å². The molecule has 3 heterocycles. The predicted octanol–water partition coefficient (Wildman–Crippen LogP) is 3.78. The number of aryl methyl sites for hydroxylation is 1. The normalized spacial score (nSPS) is 16.2. The van der Waals surface area contributed by atoms with Crippen LogP contribution in [0.4, 0.5) is 5.82 Å². The van der Waals surface area contributed by atoms with Crippen molar-refractivity contribution in [2.24, 2.45) is 0 Å². The molecule has 0 radical (unpaired) electrons. The van der Waals surface area contributed by atoms with Crippen molar-refractivity contribution in [1.29, 1.82) is 0 Å². The second-order valence-electron chi connectivity index (χ2n) is 7.53. The lowest BCUT2D eigenvalue weighted by Gasteiger charge is -2.33. The number of piperidine rings is 1. The van der Waals surface area contributed by atoms with Gasteiger partial charge in [0.15, 0.2) is 11.5 Å². The molecule has 2 aliphatic heterocycles. The van der Waals surface area contributed by atoms with Crippen LogP contribution in [0.5, 0.6) is 11.5 Å². The zero-order valence-electron chi connectivity index (χ0n) is 17.3. The molecule has 6 nitrogen and oxygen atoms in total. The maximum atomic E-state index is 13.5. The molecule has 2 aromatic rings. The van der Waals surface area contributed by atoms with Crippen molar-refractivity contribution in [2.75, 3.05) is 32.2 Å². The Kier molecular flexibility index (Phi) is 5.43. The Bertz CT molecular complexity index is 948. The summed E-state index contributed by atoms with van der Waals surface area (Å²) in [7, 11) is 3.25. The molecule has 1 aromatic carbocycles. The first-order valence-electron chi connectivity index (χ1n) is 10.1. The first-order valence-corrected chi connectivity index (χ1v) is 10.1. The van der Waals surface area contributed by atoms with Crippen LogP contribution in [0.15, 0.2) is 36.7 Å². The van der Waals surface area contributed by atoms with Crippen LogP contribution in [0.2, 0.25) is 0 Å². The molecule has 0 N–H and O–H groups in total. The number of amides is 1. The summed E-state index contributed by atoms with van der Waals surface area (Å²) >= 11 is 0. The predicted molar refractivity (Wildman–Crippen MR) is 113 cm³/mol. The minimum atomic E-state index is 0.0662. The van der Waals surface area contributed by atoms with Gasteiger partial charge < -0.3 is 19.3 Å². The van der Waals surface area contributed by atoms with Gasteiger partial charge in [-0.2, -0.15) is 0 Å². The molecule has 0 aliphatic carbocycles. The summed E-state index contributed by atoms with van der Waals surface area (Å²) < 4.78 is 11.0. The summed E-state index contributed by atoms with van der Waals surface area (Å²) in [5.41, 5.74) is 3.68. The number of rotatable bonds is 4. The van der Waals surface area contributed by atoms with E-state index in [1.807, 2.05) is 42.3 Å². The summed E-state index contributed by atoms with van der Waals surface area (Å²) in [6.45, 7) is 4.26. The summed E-state index contributed by atoms with van der Waals surface area (Å²) in [4.78, 5) is 22.0. The Balaban J connectivity index is 1.82. The van der Waals surface area contributed by atoms with Gasteiger partial charge in [-0.25, -0.2) is 4.98 Å². The SMILES string of the molecule is COc1cc2c(cc1OC)C(C(=O)N1CCCCC1)=CN(c1ncccc1C)C2. The largest absolute Gasteiger partial charge is 0.493 e. The number of methoxy groups -OCH3 is 2. The van der Waals surface area contributed by atoms with Crippen molar-refractivity contribution < 1.29 is 14.3 Å². The average molecular weight is 393 g/mol. The maximum absolute atomic E-state index is 13.5. The number of ether oxygens (including phenoxy) is 2. The van der Waals surface area contributed by atoms with E-state index in [0.29, 0.717) is 23.6 Å². The number of aromatic nitrogens is 1. The van der Waals surface area contributed by atoms with Gasteiger partial charge in [-0.1, -0.05) is 6.07 Å². The third-order valence-electron chi connectivity index (χ3n) is 5.65. The second-order valence-corrected chi connectivity index (χ2v) is 7.53. The smallest absolute Gasteiger partial charge is 0.255 e. The van der Waals surface area contributed by atoms with Crippen LogP contribution >= 0.6 is 0 Å². The Morgan fingerprint density at radius 1 is 1.07 bits per heavy atom. The van der Waals surface area contributed by atoms with Gasteiger partial charge in [-0.05, 0) is 61.1 Å². The van der Waals surface area contributed by atoms with Crippen LogP contribution in [0.1, 0.15) is 36.0 Å². The van der Waals surface area contributed by atoms with Crippen LogP contribution < -0.4 is 14.4 Å². The number of nitrogens with zero attached hydrogens (tertiary/aromatic N) is 3. The molecule has 1 saturated heterocycles. The minimum absolute atomic E-state index is 0.0662. The molecular weight excluding hydrogens is 366 g/mol. The van der Waals surface area contributed by atoms with E-state index in [1.54, 1.807) is 20.4 Å². The fraction of sp³-hybridized carbons (Fsp3) is 0.391. The summed E-state index contributed by atoms with van der Waals surface area (Å²) in [5, 5.41) is 0. The van der Waals surface area contributed by atoms with E-state index in [2.05, 4.69) is 9.88 Å². The van der Waals surface area contributed by atoms with Gasteiger partial charge in [0, 0.05) is 32.0 Å². The zero-order chi connectivity index (χ0) is 20.4. The first kappa shape index (κ1) is 19.3. The molecule has 0 bridgehead atoms. The third kappa shape index (κ3) is 3.67. The molecule has 152 valence electrons. The van der Waals surface area contributed by atoms with E-state index in [0.717, 1.165) is 48.4 Å². The van der Waals surface area contributed by atoms with Gasteiger partial charge in [0.1, 0.15) is 5.82 Å². The molecule has 0 saturated carbocycles. The van der Waals surface area contributed by atoms with E-state index < -0.39 is 0 Å². The van der Waals surface area contributed by atoms with Gasteiger partial charge in [-0.15, -0.1) is 0 Å². The molecule has 0 spiro atoms. The summed E-state index contributed by atoms with van der Waals surface area (Å²) in [6.07, 6.45) is 7.03. The standard InChI is InChI=1S/C23H27N3O3/c1-16-8-7-9-24-22(16)26-14-17-12-20(28-2)21(29-3)13-18(17)19(15-26)23(27)25-10-5-4-6-11-25/h7-9,12-13,15H,4-6,10-11,14H2,1-3H3. The number of hydrogen-bond donors (Lipinski definition) is 0. The minimum Gasteiger partial charge on any atom is -0.493 e. The molecule has 1 aromatic heterocycles. The van der Waals surface area contributed by atoms with Crippen molar-refractivity contribution in [3.63, 3.8) is 0 Å². The highest BCUT2D eigenvalue weighted by atomic mass is 16.5. The lowest BCUT2D eigenvalue weighted by Crippen LogP contribution is -2.38. The number of carbonyl (C=O) groups excluding carboxylic acids is 1. The average Bonchev–Trinajstić information content (AvgIpc) is 2.77. The van der Waals surface area contributed by atoms with Gasteiger partial charge >= 0.3 is 0 Å². The van der Waals surface area contributed by atoms with E-state index >= 15 is 0 Å². The van der Waals surface area contributed by atoms with Gasteiger partial charge in [-0.3, -0.25) is 4.79 Å². The fourth-order valence-corrected chi connectivity index (χ4v) is 4.11. The molecule has 1 amide bonds. The van der Waals surface area contributed by atoms with Crippen LogP contribution in [0.3, 0.4) is 0 Å². The Morgan fingerprint density at radius 2 is 1.79 bits per heavy atom. The topological polar surface area (TPSA) is 54.9 Å². The highest BCUT2D eigenvalue weighted by molar-refractivity contribution is 6.20. The van der Waals surface area contributed by atoms with Crippen LogP contribution in [-0.2, 0) is 11.3 Å². The number of fused-ring (bicyclic) bond motifs is 1. The van der Waals surface area contributed by atoms with Crippen LogP contribution in [-0.4, -0.2) is 43.1 Å². The first-order chi connectivity index (χ1) is 14.1. The van der Waals surface area contributed by atoms with Crippen molar-refractivity contribution >= 4 is 17.3 Å². The number of hydrogen-bond acceptors (Lipinski definition) is 5. The molecule has 6 heteroatoms. The molecule has 0 unspecified atom stereocenters. The lowest BCUT2D eigenvalue weighted by atomic mass is 9.94. The Morgan fingerprint density at radius 3 is 2.48 bits per heavy atom. The highest BCUT2D eigenvalue weighted by Gasteiger charge is 2.29. The number of likely N-dealkylation sites (tertiary alicyclic amines) is 1. The zero-order valence-corrected chi connectivity index (χ0v) is 17.3. The molecule has 4 rings (SSSR count). The van der Waals surface area contributed by atoms with Gasteiger partial charge in [0.25, 0.3) is 5.91 Å². The summed E-state index contributed by atoms with van der Waals surface area (Å²) in [6, 6.07) is 7.85. The van der Waals surface area contributed by atoms with E-state index in [9.17, 15) is 4.79 Å². The lowest BCUT2D eigenvalue weighted by molar-refractivity contribution is -0.125. The van der Waals surface area contributed by atoms with Gasteiger partial charge in [0.05, 0.1) is 19.8 Å². The van der Waals surface area contributed by atoms with E-state index in [-0.39, 0.29) is 5.91 Å². The number of anilines is 1. The second kappa shape index (κ2) is 8.15. The fourth-order valence-electron chi connectivity index (χ4n) is 4.11. The third-order valence-corrected chi connectivity index (χ3v) is 5.65. The van der Waals surface area contributed by atoms with Crippen molar-refractivity contribution in [3.8, 4) is 11.5 Å². The van der Waals surface area contributed by atoms with E-state index in [1.165, 1.54) is 6.42 Å². The van der Waals surface area contributed by atoms with Crippen molar-refractivity contribution in [2.45, 2.75) is 32.7 Å². The monoisotopic (exact) mass is 393 g/mol. The van der Waals surface area contributed by atoms with Crippen molar-refractivity contribution in [1.82, 2.24) is 9.88 Å². The number of benzene rings is 1. The van der Waals surface area contributed by atoms with Crippen LogP contribution in [0, 0.1) is 6.92 Å². The summed E-state index contributed by atoms with van der Waals surface area (Å²) in [5.74, 6) is 2.22. The quantitative estimate of drug-likeness (QED) is 0.791. The Labute approximate surface area is 171 Å². The molecule has 1 fully saturated rings. The molecular formula is C23H27N3O3. The van der Waals surface area contributed by atoms with Gasteiger partial charge in [0.2, 0.25) is 0 Å². The maximum Gasteiger partial charge on any atom is 0.255 e. The van der Waals surface area contributed by atoms with Crippen LogP contribution in [0.25, 0.3) is 5.57 Å². The van der Waals surface area contributed by atoms with Crippen molar-refractivity contribution in [3.05, 3.63) is 53.4 Å².